The average Bonchev–Trinajstić information content (AvgIpc) is 3.95. The van der Waals surface area contributed by atoms with Crippen LogP contribution >= 0.6 is 0 Å². The van der Waals surface area contributed by atoms with Crippen molar-refractivity contribution in [2.75, 3.05) is 44.7 Å². The maximum atomic E-state index is 16.7. The lowest BCUT2D eigenvalue weighted by atomic mass is 9.86. The summed E-state index contributed by atoms with van der Waals surface area (Å²) < 4.78 is 66.5. The molecule has 2 saturated heterocycles. The van der Waals surface area contributed by atoms with E-state index in [4.69, 9.17) is 0 Å². The van der Waals surface area contributed by atoms with E-state index in [2.05, 4.69) is 20.6 Å². The number of nitrogens with zero attached hydrogens (tertiary/aromatic N) is 6. The number of carbonyl (C=O) groups is 3. The third-order valence-corrected chi connectivity index (χ3v) is 12.2. The molecule has 3 aliphatic rings. The molecule has 3 aliphatic heterocycles. The minimum atomic E-state index is -1.13. The highest BCUT2D eigenvalue weighted by molar-refractivity contribution is 6.01. The van der Waals surface area contributed by atoms with Gasteiger partial charge in [-0.25, -0.2) is 17.6 Å². The van der Waals surface area contributed by atoms with E-state index < -0.39 is 41.3 Å². The minimum absolute atomic E-state index is 0.0187. The smallest absolute Gasteiger partial charge is 0.234 e. The summed E-state index contributed by atoms with van der Waals surface area (Å²) in [7, 11) is 1.70. The molecular formula is C44H46F4N8O4. The molecule has 3 N–H and O–H groups in total. The quantitative estimate of drug-likeness (QED) is 0.0776. The molecule has 3 aromatic carbocycles. The number of aliphatic hydroxyl groups is 1. The number of piperidine rings is 2. The number of carbonyl (C=O) groups excluding carboxylic acids is 3. The van der Waals surface area contributed by atoms with Gasteiger partial charge in [0.05, 0.1) is 35.6 Å². The second-order valence-electron chi connectivity index (χ2n) is 15.8. The predicted octanol–water partition coefficient (Wildman–Crippen LogP) is 6.54. The molecule has 5 heterocycles. The van der Waals surface area contributed by atoms with E-state index in [9.17, 15) is 19.5 Å². The second kappa shape index (κ2) is 17.0. The van der Waals surface area contributed by atoms with Crippen LogP contribution in [0.3, 0.4) is 0 Å². The minimum Gasteiger partial charge on any atom is -0.373 e. The maximum absolute atomic E-state index is 16.7. The molecular weight excluding hydrogens is 781 g/mol. The zero-order valence-electron chi connectivity index (χ0n) is 33.4. The van der Waals surface area contributed by atoms with Gasteiger partial charge in [-0.15, -0.1) is 5.10 Å². The molecule has 2 atom stereocenters. The first-order valence-electron chi connectivity index (χ1n) is 20.3. The number of H-pyrrole nitrogens is 1. The SMILES string of the molecule is CCN(C)C(O)c1cc2c(-c3cc(F)c(C4CCN(c5ccc(C6CCC(=O)NC6=O)cc5F)CC4)cc3F)cc(C3=CCCN(C(=O)CCn4ccnn4)C3)c(F)c2[nH]1. The fourth-order valence-corrected chi connectivity index (χ4v) is 8.68. The number of benzene rings is 3. The number of aromatic amines is 1. The van der Waals surface area contributed by atoms with Gasteiger partial charge in [0.1, 0.15) is 23.7 Å². The van der Waals surface area contributed by atoms with Crippen LogP contribution in [0.1, 0.15) is 85.9 Å². The molecule has 0 spiro atoms. The summed E-state index contributed by atoms with van der Waals surface area (Å²) in [4.78, 5) is 45.3. The summed E-state index contributed by atoms with van der Waals surface area (Å²) in [6, 6.07) is 10.0. The zero-order chi connectivity index (χ0) is 42.2. The fourth-order valence-electron chi connectivity index (χ4n) is 8.68. The molecule has 0 bridgehead atoms. The van der Waals surface area contributed by atoms with E-state index >= 15 is 17.6 Å². The lowest BCUT2D eigenvalue weighted by Gasteiger charge is -2.34. The first-order chi connectivity index (χ1) is 28.9. The van der Waals surface area contributed by atoms with Crippen LogP contribution in [0, 0.1) is 23.3 Å². The summed E-state index contributed by atoms with van der Waals surface area (Å²) in [6.07, 6.45) is 5.87. The van der Waals surface area contributed by atoms with Crippen molar-refractivity contribution in [3.63, 3.8) is 0 Å². The van der Waals surface area contributed by atoms with Crippen molar-refractivity contribution in [2.45, 2.75) is 70.1 Å². The normalized spacial score (nSPS) is 18.3. The number of hydrogen-bond acceptors (Lipinski definition) is 8. The van der Waals surface area contributed by atoms with Gasteiger partial charge in [-0.05, 0) is 104 Å². The van der Waals surface area contributed by atoms with Gasteiger partial charge in [-0.3, -0.25) is 29.3 Å². The lowest BCUT2D eigenvalue weighted by molar-refractivity contribution is -0.134. The van der Waals surface area contributed by atoms with Crippen molar-refractivity contribution < 1.29 is 37.1 Å². The Bertz CT molecular complexity index is 2480. The summed E-state index contributed by atoms with van der Waals surface area (Å²) >= 11 is 0. The number of rotatable bonds is 11. The maximum Gasteiger partial charge on any atom is 0.234 e. The van der Waals surface area contributed by atoms with Crippen LogP contribution in [-0.2, 0) is 20.9 Å². The Morgan fingerprint density at radius 3 is 2.48 bits per heavy atom. The molecule has 2 aromatic heterocycles. The molecule has 16 heteroatoms. The Balaban J connectivity index is 1.06. The number of aryl methyl sites for hydroxylation is 1. The van der Waals surface area contributed by atoms with Crippen LogP contribution < -0.4 is 10.2 Å². The lowest BCUT2D eigenvalue weighted by Crippen LogP contribution is -2.39. The predicted molar refractivity (Wildman–Crippen MR) is 216 cm³/mol. The molecule has 2 unspecified atom stereocenters. The van der Waals surface area contributed by atoms with E-state index in [0.29, 0.717) is 75.2 Å². The van der Waals surface area contributed by atoms with E-state index in [-0.39, 0.29) is 76.0 Å². The summed E-state index contributed by atoms with van der Waals surface area (Å²) in [5, 5.41) is 21.3. The Kier molecular flexibility index (Phi) is 11.6. The number of amides is 3. The van der Waals surface area contributed by atoms with E-state index in [1.54, 1.807) is 45.9 Å². The highest BCUT2D eigenvalue weighted by atomic mass is 19.1. The van der Waals surface area contributed by atoms with Crippen molar-refractivity contribution in [3.8, 4) is 11.1 Å². The van der Waals surface area contributed by atoms with Crippen LogP contribution in [0.5, 0.6) is 0 Å². The van der Waals surface area contributed by atoms with Gasteiger partial charge in [-0.1, -0.05) is 24.3 Å². The van der Waals surface area contributed by atoms with Gasteiger partial charge in [0, 0.05) is 61.7 Å². The second-order valence-corrected chi connectivity index (χ2v) is 15.8. The largest absolute Gasteiger partial charge is 0.373 e. The summed E-state index contributed by atoms with van der Waals surface area (Å²) in [5.74, 6) is -4.40. The molecule has 60 heavy (non-hydrogen) atoms. The molecule has 0 aliphatic carbocycles. The van der Waals surface area contributed by atoms with Gasteiger partial charge in [-0.2, -0.15) is 0 Å². The highest BCUT2D eigenvalue weighted by Gasteiger charge is 2.31. The Hall–Kier alpha value is -5.87. The molecule has 2 fully saturated rings. The standard InChI is InChI=1S/C44H46F4N8O4/c1-3-53(2)44(60)37-23-33-31(20-30(41(48)42(33)50-37)27-5-4-14-55(24-27)40(58)12-17-56-18-13-49-52-56)32-22-34(45)29(21-35(32)46)25-10-15-54(16-11-25)38-8-6-26(19-36(38)47)28-7-9-39(57)51-43(28)59/h5-6,8,13,18-23,25,28,44,50,60H,3-4,7,9-12,14-17,24H2,1-2H3,(H,51,57,59). The van der Waals surface area contributed by atoms with Gasteiger partial charge in [0.25, 0.3) is 0 Å². The first kappa shape index (κ1) is 40.9. The van der Waals surface area contributed by atoms with Crippen molar-refractivity contribution in [1.82, 2.24) is 35.1 Å². The number of hydrogen-bond donors (Lipinski definition) is 3. The Morgan fingerprint density at radius 2 is 1.77 bits per heavy atom. The molecule has 0 saturated carbocycles. The number of anilines is 1. The summed E-state index contributed by atoms with van der Waals surface area (Å²) in [6.45, 7) is 3.96. The van der Waals surface area contributed by atoms with E-state index in [0.717, 1.165) is 6.07 Å². The molecule has 3 amide bonds. The average molecular weight is 827 g/mol. The third-order valence-electron chi connectivity index (χ3n) is 12.2. The van der Waals surface area contributed by atoms with Gasteiger partial charge >= 0.3 is 0 Å². The van der Waals surface area contributed by atoms with Gasteiger partial charge < -0.3 is 19.9 Å². The number of fused-ring (bicyclic) bond motifs is 1. The van der Waals surface area contributed by atoms with E-state index in [1.807, 2.05) is 17.9 Å². The van der Waals surface area contributed by atoms with Gasteiger partial charge in [0.2, 0.25) is 17.7 Å². The Morgan fingerprint density at radius 1 is 0.967 bits per heavy atom. The van der Waals surface area contributed by atoms with Crippen LogP contribution in [0.2, 0.25) is 0 Å². The molecule has 8 rings (SSSR count). The number of imide groups is 1. The third kappa shape index (κ3) is 8.05. The molecule has 12 nitrogen and oxygen atoms in total. The monoisotopic (exact) mass is 826 g/mol. The topological polar surface area (TPSA) is 140 Å². The number of aromatic nitrogens is 4. The van der Waals surface area contributed by atoms with Gasteiger partial charge in [0.15, 0.2) is 5.82 Å². The van der Waals surface area contributed by atoms with Crippen LogP contribution in [-0.4, -0.2) is 92.4 Å². The van der Waals surface area contributed by atoms with Crippen molar-refractivity contribution in [2.24, 2.45) is 0 Å². The first-order valence-corrected chi connectivity index (χ1v) is 20.3. The van der Waals surface area contributed by atoms with Crippen molar-refractivity contribution in [1.29, 1.82) is 0 Å². The summed E-state index contributed by atoms with van der Waals surface area (Å²) in [5.41, 5.74) is 2.10. The van der Waals surface area contributed by atoms with E-state index in [1.165, 1.54) is 24.4 Å². The zero-order valence-corrected chi connectivity index (χ0v) is 33.4. The van der Waals surface area contributed by atoms with Crippen LogP contribution in [0.4, 0.5) is 23.2 Å². The number of nitrogens with one attached hydrogen (secondary N) is 2. The van der Waals surface area contributed by atoms with Crippen LogP contribution in [0.25, 0.3) is 27.6 Å². The molecule has 0 radical (unpaired) electrons. The highest BCUT2D eigenvalue weighted by Crippen LogP contribution is 2.41. The number of aliphatic hydroxyl groups excluding tert-OH is 1. The molecule has 5 aromatic rings. The molecule has 314 valence electrons. The van der Waals surface area contributed by atoms with Crippen molar-refractivity contribution >= 4 is 39.9 Å². The Labute approximate surface area is 343 Å². The fraction of sp³-hybridized carbons (Fsp3) is 0.386. The van der Waals surface area contributed by atoms with Crippen LogP contribution in [0.15, 0.2) is 60.9 Å². The number of halogens is 4. The van der Waals surface area contributed by atoms with Crippen molar-refractivity contribution in [3.05, 3.63) is 107 Å².